The van der Waals surface area contributed by atoms with Crippen LogP contribution in [0.15, 0.2) is 45.4 Å². The van der Waals surface area contributed by atoms with Gasteiger partial charge in [-0.15, -0.1) is 0 Å². The summed E-state index contributed by atoms with van der Waals surface area (Å²) in [5.74, 6) is 0.216. The van der Waals surface area contributed by atoms with Gasteiger partial charge < -0.3 is 19.5 Å². The zero-order valence-corrected chi connectivity index (χ0v) is 12.6. The number of rotatable bonds is 5. The van der Waals surface area contributed by atoms with Crippen LogP contribution in [0, 0.1) is 0 Å². The average molecular weight is 298 g/mol. The van der Waals surface area contributed by atoms with Gasteiger partial charge in [0.25, 0.3) is 5.91 Å². The SMILES string of the molecule is CN(C)CCc1coc2ccc(-c3ccc(C(N)=O)o3)cc12. The minimum atomic E-state index is -0.567. The molecule has 0 saturated carbocycles. The standard InChI is InChI=1S/C17H18N2O3/c1-19(2)8-7-12-10-21-15-4-3-11(9-13(12)15)14-5-6-16(22-14)17(18)20/h3-6,9-10H,7-8H2,1-2H3,(H2,18,20). The maximum atomic E-state index is 11.1. The number of nitrogens with two attached hydrogens (primary N) is 1. The largest absolute Gasteiger partial charge is 0.464 e. The molecular formula is C17H18N2O3. The van der Waals surface area contributed by atoms with Gasteiger partial charge in [0.1, 0.15) is 11.3 Å². The number of amides is 1. The van der Waals surface area contributed by atoms with Crippen molar-refractivity contribution < 1.29 is 13.6 Å². The van der Waals surface area contributed by atoms with Gasteiger partial charge in [-0.3, -0.25) is 4.79 Å². The number of carbonyl (C=O) groups is 1. The van der Waals surface area contributed by atoms with Gasteiger partial charge in [-0.05, 0) is 56.4 Å². The van der Waals surface area contributed by atoms with E-state index >= 15 is 0 Å². The van der Waals surface area contributed by atoms with E-state index in [2.05, 4.69) is 4.90 Å². The van der Waals surface area contributed by atoms with Crippen LogP contribution in [0.3, 0.4) is 0 Å². The first kappa shape index (κ1) is 14.4. The van der Waals surface area contributed by atoms with E-state index in [0.717, 1.165) is 35.1 Å². The third-order valence-electron chi connectivity index (χ3n) is 3.62. The third-order valence-corrected chi connectivity index (χ3v) is 3.62. The zero-order valence-electron chi connectivity index (χ0n) is 12.6. The predicted octanol–water partition coefficient (Wildman–Crippen LogP) is 2.90. The molecule has 1 aromatic carbocycles. The van der Waals surface area contributed by atoms with Crippen LogP contribution in [-0.2, 0) is 6.42 Å². The Morgan fingerprint density at radius 1 is 1.23 bits per heavy atom. The van der Waals surface area contributed by atoms with E-state index in [9.17, 15) is 4.79 Å². The third kappa shape index (κ3) is 2.76. The van der Waals surface area contributed by atoms with Crippen LogP contribution in [0.5, 0.6) is 0 Å². The molecule has 0 saturated heterocycles. The molecule has 2 aromatic heterocycles. The molecule has 0 aliphatic carbocycles. The van der Waals surface area contributed by atoms with E-state index < -0.39 is 5.91 Å². The maximum Gasteiger partial charge on any atom is 0.284 e. The first-order chi connectivity index (χ1) is 10.5. The molecule has 0 aliphatic rings. The van der Waals surface area contributed by atoms with Crippen LogP contribution in [-0.4, -0.2) is 31.4 Å². The van der Waals surface area contributed by atoms with E-state index in [1.54, 1.807) is 18.4 Å². The summed E-state index contributed by atoms with van der Waals surface area (Å²) >= 11 is 0. The molecule has 0 radical (unpaired) electrons. The molecule has 3 aromatic rings. The quantitative estimate of drug-likeness (QED) is 0.786. The number of furan rings is 2. The number of nitrogens with zero attached hydrogens (tertiary/aromatic N) is 1. The van der Waals surface area contributed by atoms with Crippen molar-refractivity contribution in [1.29, 1.82) is 0 Å². The predicted molar refractivity (Wildman–Crippen MR) is 84.7 cm³/mol. The lowest BCUT2D eigenvalue weighted by atomic mass is 10.1. The van der Waals surface area contributed by atoms with Crippen molar-refractivity contribution in [3.8, 4) is 11.3 Å². The van der Waals surface area contributed by atoms with Gasteiger partial charge in [0, 0.05) is 17.5 Å². The van der Waals surface area contributed by atoms with Crippen molar-refractivity contribution in [3.63, 3.8) is 0 Å². The van der Waals surface area contributed by atoms with Gasteiger partial charge in [0.2, 0.25) is 0 Å². The molecule has 2 heterocycles. The zero-order chi connectivity index (χ0) is 15.7. The Morgan fingerprint density at radius 3 is 2.73 bits per heavy atom. The van der Waals surface area contributed by atoms with Crippen molar-refractivity contribution >= 4 is 16.9 Å². The maximum absolute atomic E-state index is 11.1. The van der Waals surface area contributed by atoms with Gasteiger partial charge in [-0.2, -0.15) is 0 Å². The summed E-state index contributed by atoms with van der Waals surface area (Å²) in [7, 11) is 4.09. The number of hydrogen-bond acceptors (Lipinski definition) is 4. The Balaban J connectivity index is 1.96. The highest BCUT2D eigenvalue weighted by Gasteiger charge is 2.12. The smallest absolute Gasteiger partial charge is 0.284 e. The average Bonchev–Trinajstić information content (AvgIpc) is 3.11. The molecule has 0 spiro atoms. The summed E-state index contributed by atoms with van der Waals surface area (Å²) in [6.45, 7) is 0.950. The first-order valence-electron chi connectivity index (χ1n) is 7.09. The Hall–Kier alpha value is -2.53. The number of carbonyl (C=O) groups excluding carboxylic acids is 1. The number of fused-ring (bicyclic) bond motifs is 1. The first-order valence-corrected chi connectivity index (χ1v) is 7.09. The normalized spacial score (nSPS) is 11.4. The lowest BCUT2D eigenvalue weighted by molar-refractivity contribution is 0.0974. The monoisotopic (exact) mass is 298 g/mol. The van der Waals surface area contributed by atoms with Crippen molar-refractivity contribution in [2.75, 3.05) is 20.6 Å². The Bertz CT molecular complexity index is 814. The highest BCUT2D eigenvalue weighted by molar-refractivity contribution is 5.91. The number of primary amides is 1. The number of benzene rings is 1. The van der Waals surface area contributed by atoms with Crippen LogP contribution >= 0.6 is 0 Å². The summed E-state index contributed by atoms with van der Waals surface area (Å²) in [5, 5.41) is 1.07. The fourth-order valence-electron chi connectivity index (χ4n) is 2.40. The van der Waals surface area contributed by atoms with E-state index in [1.165, 1.54) is 0 Å². The fraction of sp³-hybridized carbons (Fsp3) is 0.235. The minimum Gasteiger partial charge on any atom is -0.464 e. The van der Waals surface area contributed by atoms with E-state index in [0.29, 0.717) is 5.76 Å². The lowest BCUT2D eigenvalue weighted by Gasteiger charge is -2.07. The molecule has 0 bridgehead atoms. The molecule has 0 fully saturated rings. The Morgan fingerprint density at radius 2 is 2.05 bits per heavy atom. The Kier molecular flexibility index (Phi) is 3.73. The molecule has 0 unspecified atom stereocenters. The molecular weight excluding hydrogens is 280 g/mol. The van der Waals surface area contributed by atoms with Crippen LogP contribution in [0.4, 0.5) is 0 Å². The molecule has 22 heavy (non-hydrogen) atoms. The van der Waals surface area contributed by atoms with Gasteiger partial charge in [-0.25, -0.2) is 0 Å². The molecule has 0 aliphatic heterocycles. The summed E-state index contributed by atoms with van der Waals surface area (Å²) in [4.78, 5) is 13.3. The van der Waals surface area contributed by atoms with Gasteiger partial charge in [0.15, 0.2) is 5.76 Å². The van der Waals surface area contributed by atoms with Gasteiger partial charge in [0.05, 0.1) is 6.26 Å². The summed E-state index contributed by atoms with van der Waals surface area (Å²) in [5.41, 5.74) is 8.12. The molecule has 5 nitrogen and oxygen atoms in total. The summed E-state index contributed by atoms with van der Waals surface area (Å²) in [6.07, 6.45) is 2.71. The second-order valence-corrected chi connectivity index (χ2v) is 5.55. The molecule has 5 heteroatoms. The van der Waals surface area contributed by atoms with Gasteiger partial charge in [-0.1, -0.05) is 0 Å². The summed E-state index contributed by atoms with van der Waals surface area (Å²) < 4.78 is 11.1. The second kappa shape index (κ2) is 5.69. The second-order valence-electron chi connectivity index (χ2n) is 5.55. The van der Waals surface area contributed by atoms with Crippen LogP contribution in [0.2, 0.25) is 0 Å². The van der Waals surface area contributed by atoms with E-state index in [1.807, 2.05) is 32.3 Å². The number of hydrogen-bond donors (Lipinski definition) is 1. The Labute approximate surface area is 128 Å². The minimum absolute atomic E-state index is 0.162. The highest BCUT2D eigenvalue weighted by Crippen LogP contribution is 2.29. The van der Waals surface area contributed by atoms with Crippen LogP contribution in [0.1, 0.15) is 16.1 Å². The lowest BCUT2D eigenvalue weighted by Crippen LogP contribution is -2.14. The molecule has 1 amide bonds. The van der Waals surface area contributed by atoms with Gasteiger partial charge >= 0.3 is 0 Å². The van der Waals surface area contributed by atoms with E-state index in [4.69, 9.17) is 14.6 Å². The molecule has 3 rings (SSSR count). The van der Waals surface area contributed by atoms with Crippen molar-refractivity contribution in [2.24, 2.45) is 5.73 Å². The number of likely N-dealkylation sites (N-methyl/N-ethyl adjacent to an activating group) is 1. The molecule has 114 valence electrons. The molecule has 0 atom stereocenters. The van der Waals surface area contributed by atoms with E-state index in [-0.39, 0.29) is 5.76 Å². The van der Waals surface area contributed by atoms with Crippen LogP contribution < -0.4 is 5.73 Å². The van der Waals surface area contributed by atoms with Crippen molar-refractivity contribution in [2.45, 2.75) is 6.42 Å². The van der Waals surface area contributed by atoms with Crippen molar-refractivity contribution in [3.05, 3.63) is 47.9 Å². The topological polar surface area (TPSA) is 72.6 Å². The van der Waals surface area contributed by atoms with Crippen LogP contribution in [0.25, 0.3) is 22.3 Å². The molecule has 2 N–H and O–H groups in total. The summed E-state index contributed by atoms with van der Waals surface area (Å²) in [6, 6.07) is 9.18. The van der Waals surface area contributed by atoms with Crippen molar-refractivity contribution in [1.82, 2.24) is 4.90 Å². The highest BCUT2D eigenvalue weighted by atomic mass is 16.3. The fourth-order valence-corrected chi connectivity index (χ4v) is 2.40.